The van der Waals surface area contributed by atoms with E-state index in [2.05, 4.69) is 5.18 Å². The fraction of sp³-hybridized carbons (Fsp3) is 0.455. The molecule has 0 spiro atoms. The van der Waals surface area contributed by atoms with Gasteiger partial charge >= 0.3 is 0 Å². The molecule has 0 amide bonds. The number of benzene rings is 1. The van der Waals surface area contributed by atoms with Crippen LogP contribution in [0.25, 0.3) is 0 Å². The molecule has 3 heteroatoms. The second-order valence-electron chi connectivity index (χ2n) is 4.10. The van der Waals surface area contributed by atoms with Gasteiger partial charge in [-0.3, -0.25) is 0 Å². The maximum absolute atomic E-state index is 10.6. The van der Waals surface area contributed by atoms with Crippen LogP contribution < -0.4 is 0 Å². The number of nitrogens with zero attached hydrogens (tertiary/aromatic N) is 1. The fourth-order valence-electron chi connectivity index (χ4n) is 1.10. The Hall–Kier alpha value is -1.22. The molecule has 0 aromatic heterocycles. The highest BCUT2D eigenvalue weighted by Crippen LogP contribution is 2.24. The molecule has 1 atom stereocenters. The predicted octanol–water partition coefficient (Wildman–Crippen LogP) is 3.27. The van der Waals surface area contributed by atoms with Crippen LogP contribution in [0.4, 0.5) is 0 Å². The van der Waals surface area contributed by atoms with E-state index >= 15 is 0 Å². The summed E-state index contributed by atoms with van der Waals surface area (Å²) in [4.78, 5) is 10.6. The van der Waals surface area contributed by atoms with Crippen LogP contribution in [0.3, 0.4) is 0 Å². The zero-order chi connectivity index (χ0) is 10.6. The third-order valence-electron chi connectivity index (χ3n) is 1.65. The average Bonchev–Trinajstić information content (AvgIpc) is 2.14. The zero-order valence-electron chi connectivity index (χ0n) is 8.73. The van der Waals surface area contributed by atoms with E-state index in [0.717, 1.165) is 5.56 Å². The Morgan fingerprint density at radius 2 is 1.79 bits per heavy atom. The lowest BCUT2D eigenvalue weighted by molar-refractivity contribution is -0.0582. The molecule has 0 aliphatic heterocycles. The van der Waals surface area contributed by atoms with Crippen molar-refractivity contribution in [3.05, 3.63) is 40.8 Å². The van der Waals surface area contributed by atoms with Gasteiger partial charge < -0.3 is 4.74 Å². The Bertz CT molecular complexity index is 290. The smallest absolute Gasteiger partial charge is 0.216 e. The van der Waals surface area contributed by atoms with Crippen LogP contribution in [0.1, 0.15) is 32.6 Å². The van der Waals surface area contributed by atoms with Crippen LogP contribution >= 0.6 is 0 Å². The van der Waals surface area contributed by atoms with Gasteiger partial charge in [-0.05, 0) is 25.9 Å². The van der Waals surface area contributed by atoms with E-state index in [9.17, 15) is 4.91 Å². The third kappa shape index (κ3) is 3.26. The summed E-state index contributed by atoms with van der Waals surface area (Å²) in [5.41, 5.74) is 0.423. The molecule has 0 saturated carbocycles. The van der Waals surface area contributed by atoms with E-state index in [1.165, 1.54) is 0 Å². The summed E-state index contributed by atoms with van der Waals surface area (Å²) >= 11 is 0. The molecule has 76 valence electrons. The summed E-state index contributed by atoms with van der Waals surface area (Å²) in [5.74, 6) is 0. The van der Waals surface area contributed by atoms with Crippen LogP contribution in [0.2, 0.25) is 0 Å². The Labute approximate surface area is 84.1 Å². The number of nitroso groups, excluding NO2 is 1. The van der Waals surface area contributed by atoms with Crippen molar-refractivity contribution < 1.29 is 4.74 Å². The van der Waals surface area contributed by atoms with E-state index in [4.69, 9.17) is 4.74 Å². The maximum Gasteiger partial charge on any atom is 0.216 e. The molecule has 14 heavy (non-hydrogen) atoms. The molecule has 0 fully saturated rings. The standard InChI is InChI=1S/C11H15NO2/c1-11(2,3)14-10(12-13)9-7-5-4-6-8-9/h4-8,10H,1-3H3. The summed E-state index contributed by atoms with van der Waals surface area (Å²) in [6.45, 7) is 5.69. The first-order chi connectivity index (χ1) is 6.53. The van der Waals surface area contributed by atoms with Crippen LogP contribution in [0.15, 0.2) is 35.5 Å². The van der Waals surface area contributed by atoms with Crippen molar-refractivity contribution in [3.8, 4) is 0 Å². The van der Waals surface area contributed by atoms with Crippen molar-refractivity contribution in [2.75, 3.05) is 0 Å². The number of ether oxygens (including phenoxy) is 1. The Kier molecular flexibility index (Phi) is 3.36. The summed E-state index contributed by atoms with van der Waals surface area (Å²) in [7, 11) is 0. The van der Waals surface area contributed by atoms with Gasteiger partial charge in [-0.25, -0.2) is 0 Å². The van der Waals surface area contributed by atoms with Gasteiger partial charge in [0.2, 0.25) is 6.23 Å². The number of rotatable bonds is 3. The highest BCUT2D eigenvalue weighted by atomic mass is 16.5. The quantitative estimate of drug-likeness (QED) is 0.691. The van der Waals surface area contributed by atoms with Crippen LogP contribution in [0, 0.1) is 4.91 Å². The van der Waals surface area contributed by atoms with Gasteiger partial charge in [-0.1, -0.05) is 30.3 Å². The van der Waals surface area contributed by atoms with Crippen LogP contribution in [-0.2, 0) is 4.74 Å². The van der Waals surface area contributed by atoms with E-state index in [1.54, 1.807) is 0 Å². The van der Waals surface area contributed by atoms with E-state index in [-0.39, 0.29) is 5.60 Å². The molecule has 0 radical (unpaired) electrons. The molecule has 1 rings (SSSR count). The van der Waals surface area contributed by atoms with Crippen molar-refractivity contribution in [3.63, 3.8) is 0 Å². The molecular formula is C11H15NO2. The van der Waals surface area contributed by atoms with Crippen molar-refractivity contribution in [1.29, 1.82) is 0 Å². The van der Waals surface area contributed by atoms with Crippen LogP contribution in [-0.4, -0.2) is 5.60 Å². The molecule has 0 aliphatic carbocycles. The first-order valence-electron chi connectivity index (χ1n) is 4.58. The van der Waals surface area contributed by atoms with Gasteiger partial charge in [0.15, 0.2) is 0 Å². The molecule has 0 N–H and O–H groups in total. The third-order valence-corrected chi connectivity index (χ3v) is 1.65. The zero-order valence-corrected chi connectivity index (χ0v) is 8.73. The van der Waals surface area contributed by atoms with E-state index < -0.39 is 6.23 Å². The largest absolute Gasteiger partial charge is 0.343 e. The molecule has 0 saturated heterocycles. The van der Waals surface area contributed by atoms with Gasteiger partial charge in [0.25, 0.3) is 0 Å². The Balaban J connectivity index is 2.78. The molecule has 0 heterocycles. The first kappa shape index (κ1) is 10.9. The van der Waals surface area contributed by atoms with Crippen molar-refractivity contribution in [1.82, 2.24) is 0 Å². The Morgan fingerprint density at radius 1 is 1.21 bits per heavy atom. The first-order valence-corrected chi connectivity index (χ1v) is 4.58. The minimum atomic E-state index is -0.712. The van der Waals surface area contributed by atoms with Crippen molar-refractivity contribution in [2.24, 2.45) is 5.18 Å². The number of hydrogen-bond acceptors (Lipinski definition) is 3. The fourth-order valence-corrected chi connectivity index (χ4v) is 1.10. The highest BCUT2D eigenvalue weighted by Gasteiger charge is 2.20. The highest BCUT2D eigenvalue weighted by molar-refractivity contribution is 5.17. The van der Waals surface area contributed by atoms with Crippen LogP contribution in [0.5, 0.6) is 0 Å². The molecule has 3 nitrogen and oxygen atoms in total. The predicted molar refractivity (Wildman–Crippen MR) is 55.8 cm³/mol. The second-order valence-corrected chi connectivity index (χ2v) is 4.10. The lowest BCUT2D eigenvalue weighted by atomic mass is 10.1. The summed E-state index contributed by atoms with van der Waals surface area (Å²) < 4.78 is 5.49. The van der Waals surface area contributed by atoms with E-state index in [1.807, 2.05) is 51.1 Å². The molecule has 1 unspecified atom stereocenters. The normalized spacial score (nSPS) is 13.6. The summed E-state index contributed by atoms with van der Waals surface area (Å²) in [6, 6.07) is 9.27. The van der Waals surface area contributed by atoms with E-state index in [0.29, 0.717) is 0 Å². The molecule has 0 aliphatic rings. The SMILES string of the molecule is CC(C)(C)OC(N=O)c1ccccc1. The van der Waals surface area contributed by atoms with Gasteiger partial charge in [0, 0.05) is 5.56 Å². The van der Waals surface area contributed by atoms with Crippen molar-refractivity contribution in [2.45, 2.75) is 32.6 Å². The average molecular weight is 193 g/mol. The number of hydrogen-bond donors (Lipinski definition) is 0. The van der Waals surface area contributed by atoms with Gasteiger partial charge in [-0.2, -0.15) is 0 Å². The lowest BCUT2D eigenvalue weighted by Crippen LogP contribution is -2.21. The van der Waals surface area contributed by atoms with Gasteiger partial charge in [0.1, 0.15) is 0 Å². The summed E-state index contributed by atoms with van der Waals surface area (Å²) in [5, 5.41) is 2.97. The van der Waals surface area contributed by atoms with Gasteiger partial charge in [0.05, 0.1) is 5.60 Å². The second kappa shape index (κ2) is 4.33. The topological polar surface area (TPSA) is 38.7 Å². The Morgan fingerprint density at radius 3 is 2.21 bits per heavy atom. The maximum atomic E-state index is 10.6. The minimum absolute atomic E-state index is 0.367. The molecular weight excluding hydrogens is 178 g/mol. The van der Waals surface area contributed by atoms with Gasteiger partial charge in [-0.15, -0.1) is 4.91 Å². The van der Waals surface area contributed by atoms with Crippen molar-refractivity contribution >= 4 is 0 Å². The molecule has 1 aromatic carbocycles. The molecule has 0 bridgehead atoms. The minimum Gasteiger partial charge on any atom is -0.343 e. The molecule has 1 aromatic rings. The monoisotopic (exact) mass is 193 g/mol. The lowest BCUT2D eigenvalue weighted by Gasteiger charge is -2.23. The summed E-state index contributed by atoms with van der Waals surface area (Å²) in [6.07, 6.45) is -0.712.